The van der Waals surface area contributed by atoms with Gasteiger partial charge in [0.15, 0.2) is 0 Å². The number of hydrogen-bond donors (Lipinski definition) is 0. The molecule has 0 aliphatic carbocycles. The molecule has 112 valence electrons. The molecule has 7 heteroatoms. The first-order valence-corrected chi connectivity index (χ1v) is 9.19. The van der Waals surface area contributed by atoms with E-state index in [0.717, 1.165) is 5.56 Å². The fraction of sp³-hybridized carbons (Fsp3) is 0.214. The average molecular weight is 434 g/mol. The molecule has 0 bridgehead atoms. The molecule has 21 heavy (non-hydrogen) atoms. The third-order valence-electron chi connectivity index (χ3n) is 3.28. The van der Waals surface area contributed by atoms with Crippen molar-refractivity contribution in [3.63, 3.8) is 0 Å². The van der Waals surface area contributed by atoms with Gasteiger partial charge in [-0.3, -0.25) is 4.98 Å². The molecule has 1 aromatic carbocycles. The number of sulfonamides is 1. The molecule has 0 spiro atoms. The summed E-state index contributed by atoms with van der Waals surface area (Å²) >= 11 is 6.61. The van der Waals surface area contributed by atoms with Gasteiger partial charge in [0.2, 0.25) is 10.0 Å². The second-order valence-corrected chi connectivity index (χ2v) is 8.29. The monoisotopic (exact) mass is 432 g/mol. The van der Waals surface area contributed by atoms with Gasteiger partial charge < -0.3 is 0 Å². The van der Waals surface area contributed by atoms with E-state index in [-0.39, 0.29) is 10.9 Å². The summed E-state index contributed by atoms with van der Waals surface area (Å²) in [4.78, 5) is 4.19. The van der Waals surface area contributed by atoms with Crippen LogP contribution >= 0.6 is 31.9 Å². The predicted molar refractivity (Wildman–Crippen MR) is 89.4 cm³/mol. The van der Waals surface area contributed by atoms with Gasteiger partial charge in [-0.15, -0.1) is 0 Å². The summed E-state index contributed by atoms with van der Waals surface area (Å²) in [5.74, 6) is 0. The topological polar surface area (TPSA) is 50.3 Å². The van der Waals surface area contributed by atoms with Gasteiger partial charge in [-0.2, -0.15) is 4.31 Å². The van der Waals surface area contributed by atoms with E-state index in [4.69, 9.17) is 0 Å². The lowest BCUT2D eigenvalue weighted by Crippen LogP contribution is -2.30. The summed E-state index contributed by atoms with van der Waals surface area (Å²) in [6, 6.07) is 8.43. The zero-order chi connectivity index (χ0) is 15.6. The van der Waals surface area contributed by atoms with Crippen LogP contribution in [0.4, 0.5) is 0 Å². The van der Waals surface area contributed by atoms with Gasteiger partial charge in [0, 0.05) is 34.4 Å². The SMILES string of the molecule is CC(c1ccncc1)N(C)S(=O)(=O)c1cc(Br)ccc1Br. The molecule has 0 N–H and O–H groups in total. The van der Waals surface area contributed by atoms with Crippen LogP contribution in [0.5, 0.6) is 0 Å². The zero-order valence-corrected chi connectivity index (χ0v) is 15.5. The van der Waals surface area contributed by atoms with Gasteiger partial charge in [0.25, 0.3) is 0 Å². The number of halogens is 2. The van der Waals surface area contributed by atoms with Crippen LogP contribution in [0.3, 0.4) is 0 Å². The van der Waals surface area contributed by atoms with Crippen LogP contribution in [-0.4, -0.2) is 24.8 Å². The molecular weight excluding hydrogens is 420 g/mol. The van der Waals surface area contributed by atoms with E-state index in [1.807, 2.05) is 19.1 Å². The van der Waals surface area contributed by atoms with Crippen molar-refractivity contribution in [3.8, 4) is 0 Å². The highest BCUT2D eigenvalue weighted by Gasteiger charge is 2.28. The number of hydrogen-bond acceptors (Lipinski definition) is 3. The Kier molecular flexibility index (Phi) is 5.19. The van der Waals surface area contributed by atoms with Crippen LogP contribution < -0.4 is 0 Å². The maximum atomic E-state index is 12.8. The second kappa shape index (κ2) is 6.56. The van der Waals surface area contributed by atoms with Crippen molar-refractivity contribution >= 4 is 41.9 Å². The lowest BCUT2D eigenvalue weighted by atomic mass is 10.1. The first-order valence-electron chi connectivity index (χ1n) is 6.17. The minimum Gasteiger partial charge on any atom is -0.265 e. The number of pyridine rings is 1. The molecule has 0 saturated carbocycles. The van der Waals surface area contributed by atoms with E-state index in [1.165, 1.54) is 4.31 Å². The molecule has 4 nitrogen and oxygen atoms in total. The summed E-state index contributed by atoms with van der Waals surface area (Å²) in [7, 11) is -2.03. The molecule has 0 radical (unpaired) electrons. The van der Waals surface area contributed by atoms with Crippen LogP contribution in [0.15, 0.2) is 56.6 Å². The van der Waals surface area contributed by atoms with E-state index >= 15 is 0 Å². The highest BCUT2D eigenvalue weighted by Crippen LogP contribution is 2.31. The van der Waals surface area contributed by atoms with Gasteiger partial charge in [0.05, 0.1) is 4.90 Å². The van der Waals surface area contributed by atoms with Crippen molar-refractivity contribution in [2.24, 2.45) is 0 Å². The molecule has 1 heterocycles. The Balaban J connectivity index is 2.41. The molecule has 0 saturated heterocycles. The largest absolute Gasteiger partial charge is 0.265 e. The standard InChI is InChI=1S/C14H14Br2N2O2S/c1-10(11-5-7-17-8-6-11)18(2)21(19,20)14-9-12(15)3-4-13(14)16/h3-10H,1-2H3. The van der Waals surface area contributed by atoms with Crippen LogP contribution in [0.1, 0.15) is 18.5 Å². The Morgan fingerprint density at radius 2 is 1.76 bits per heavy atom. The lowest BCUT2D eigenvalue weighted by Gasteiger charge is -2.25. The van der Waals surface area contributed by atoms with Gasteiger partial charge in [-0.05, 0) is 58.7 Å². The normalized spacial score (nSPS) is 13.4. The molecule has 1 aromatic heterocycles. The molecule has 0 aliphatic heterocycles. The van der Waals surface area contributed by atoms with Crippen molar-refractivity contribution in [1.82, 2.24) is 9.29 Å². The number of nitrogens with zero attached hydrogens (tertiary/aromatic N) is 2. The van der Waals surface area contributed by atoms with Gasteiger partial charge in [-0.1, -0.05) is 15.9 Å². The Labute approximate surface area is 141 Å². The number of rotatable bonds is 4. The summed E-state index contributed by atoms with van der Waals surface area (Å²) < 4.78 is 28.2. The summed E-state index contributed by atoms with van der Waals surface area (Å²) in [5, 5.41) is 0. The molecular formula is C14H14Br2N2O2S. The fourth-order valence-corrected chi connectivity index (χ4v) is 4.70. The van der Waals surface area contributed by atoms with E-state index in [1.54, 1.807) is 37.6 Å². The van der Waals surface area contributed by atoms with Crippen molar-refractivity contribution in [3.05, 3.63) is 57.2 Å². The quantitative estimate of drug-likeness (QED) is 0.732. The first-order chi connectivity index (χ1) is 9.84. The summed E-state index contributed by atoms with van der Waals surface area (Å²) in [5.41, 5.74) is 0.891. The molecule has 2 rings (SSSR count). The number of aromatic nitrogens is 1. The summed E-state index contributed by atoms with van der Waals surface area (Å²) in [6.07, 6.45) is 3.31. The highest BCUT2D eigenvalue weighted by atomic mass is 79.9. The van der Waals surface area contributed by atoms with Crippen LogP contribution in [0.2, 0.25) is 0 Å². The van der Waals surface area contributed by atoms with E-state index in [9.17, 15) is 8.42 Å². The van der Waals surface area contributed by atoms with Gasteiger partial charge in [-0.25, -0.2) is 8.42 Å². The van der Waals surface area contributed by atoms with E-state index in [0.29, 0.717) is 8.95 Å². The molecule has 0 aliphatic rings. The Morgan fingerprint density at radius 1 is 1.14 bits per heavy atom. The predicted octanol–water partition coefficient (Wildman–Crippen LogP) is 3.99. The van der Waals surface area contributed by atoms with Crippen LogP contribution in [0, 0.1) is 0 Å². The molecule has 2 aromatic rings. The third kappa shape index (κ3) is 3.53. The van der Waals surface area contributed by atoms with Gasteiger partial charge in [0.1, 0.15) is 0 Å². The van der Waals surface area contributed by atoms with E-state index < -0.39 is 10.0 Å². The maximum Gasteiger partial charge on any atom is 0.244 e. The minimum atomic E-state index is -3.60. The first kappa shape index (κ1) is 16.6. The average Bonchev–Trinajstić information content (AvgIpc) is 2.49. The fourth-order valence-electron chi connectivity index (χ4n) is 1.89. The van der Waals surface area contributed by atoms with Gasteiger partial charge >= 0.3 is 0 Å². The Bertz CT molecular complexity index is 736. The Morgan fingerprint density at radius 3 is 2.38 bits per heavy atom. The van der Waals surface area contributed by atoms with E-state index in [2.05, 4.69) is 36.8 Å². The molecule has 0 fully saturated rings. The Hall–Kier alpha value is -0.760. The van der Waals surface area contributed by atoms with Crippen LogP contribution in [-0.2, 0) is 10.0 Å². The second-order valence-electron chi connectivity index (χ2n) is 4.55. The highest BCUT2D eigenvalue weighted by molar-refractivity contribution is 9.11. The minimum absolute atomic E-state index is 0.236. The zero-order valence-electron chi connectivity index (χ0n) is 11.5. The molecule has 0 amide bonds. The lowest BCUT2D eigenvalue weighted by molar-refractivity contribution is 0.398. The smallest absolute Gasteiger partial charge is 0.244 e. The summed E-state index contributed by atoms with van der Waals surface area (Å²) in [6.45, 7) is 1.85. The molecule has 1 unspecified atom stereocenters. The van der Waals surface area contributed by atoms with Crippen LogP contribution in [0.25, 0.3) is 0 Å². The van der Waals surface area contributed by atoms with Crippen molar-refractivity contribution in [2.75, 3.05) is 7.05 Å². The number of benzene rings is 1. The van der Waals surface area contributed by atoms with Crippen molar-refractivity contribution in [2.45, 2.75) is 17.9 Å². The maximum absolute atomic E-state index is 12.8. The van der Waals surface area contributed by atoms with Crippen molar-refractivity contribution in [1.29, 1.82) is 0 Å². The molecule has 1 atom stereocenters. The van der Waals surface area contributed by atoms with Crippen molar-refractivity contribution < 1.29 is 8.42 Å². The third-order valence-corrected chi connectivity index (χ3v) is 6.70.